The Bertz CT molecular complexity index is 606. The van der Waals surface area contributed by atoms with Crippen LogP contribution in [-0.4, -0.2) is 11.5 Å². The standard InChI is InChI=1S/C15H15F3N2/c1-3-19-14-6-4-5-13(20-14)12-8-7-11(9-10(12)2)15(16,17)18/h4-9H,3H2,1-2H3,(H,19,20). The molecule has 0 aliphatic carbocycles. The van der Waals surface area contributed by atoms with Crippen LogP contribution in [0.5, 0.6) is 0 Å². The van der Waals surface area contributed by atoms with Gasteiger partial charge in [0.15, 0.2) is 0 Å². The minimum Gasteiger partial charge on any atom is -0.370 e. The van der Waals surface area contributed by atoms with Crippen LogP contribution in [0.15, 0.2) is 36.4 Å². The van der Waals surface area contributed by atoms with Crippen molar-refractivity contribution in [3.05, 3.63) is 47.5 Å². The van der Waals surface area contributed by atoms with Crippen LogP contribution in [0.3, 0.4) is 0 Å². The third-order valence-corrected chi connectivity index (χ3v) is 2.94. The molecular formula is C15H15F3N2. The first-order chi connectivity index (χ1) is 9.41. The molecule has 1 aromatic carbocycles. The normalized spacial score (nSPS) is 11.4. The Hall–Kier alpha value is -2.04. The van der Waals surface area contributed by atoms with Crippen molar-refractivity contribution in [3.8, 4) is 11.3 Å². The van der Waals surface area contributed by atoms with E-state index in [-0.39, 0.29) is 0 Å². The van der Waals surface area contributed by atoms with Gasteiger partial charge in [0.2, 0.25) is 0 Å². The van der Waals surface area contributed by atoms with Gasteiger partial charge in [0.25, 0.3) is 0 Å². The number of aromatic nitrogens is 1. The summed E-state index contributed by atoms with van der Waals surface area (Å²) in [7, 11) is 0. The molecule has 0 saturated carbocycles. The summed E-state index contributed by atoms with van der Waals surface area (Å²) in [5, 5.41) is 3.08. The molecule has 0 spiro atoms. The van der Waals surface area contributed by atoms with Gasteiger partial charge in [0, 0.05) is 12.1 Å². The van der Waals surface area contributed by atoms with Crippen LogP contribution in [0.2, 0.25) is 0 Å². The quantitative estimate of drug-likeness (QED) is 0.895. The molecule has 0 aliphatic heterocycles. The van der Waals surface area contributed by atoms with Crippen LogP contribution < -0.4 is 5.32 Å². The van der Waals surface area contributed by atoms with Gasteiger partial charge in [-0.1, -0.05) is 12.1 Å². The van der Waals surface area contributed by atoms with Crippen molar-refractivity contribution < 1.29 is 13.2 Å². The summed E-state index contributed by atoms with van der Waals surface area (Å²) in [6.45, 7) is 4.35. The first-order valence-corrected chi connectivity index (χ1v) is 6.31. The summed E-state index contributed by atoms with van der Waals surface area (Å²) >= 11 is 0. The average molecular weight is 280 g/mol. The fraction of sp³-hybridized carbons (Fsp3) is 0.267. The van der Waals surface area contributed by atoms with Crippen molar-refractivity contribution in [1.82, 2.24) is 4.98 Å². The maximum absolute atomic E-state index is 12.6. The average Bonchev–Trinajstić information content (AvgIpc) is 2.38. The monoisotopic (exact) mass is 280 g/mol. The number of hydrogen-bond donors (Lipinski definition) is 1. The topological polar surface area (TPSA) is 24.9 Å². The van der Waals surface area contributed by atoms with Gasteiger partial charge in [-0.15, -0.1) is 0 Å². The summed E-state index contributed by atoms with van der Waals surface area (Å²) in [5.74, 6) is 0.712. The molecule has 0 radical (unpaired) electrons. The molecule has 5 heteroatoms. The molecule has 1 aromatic heterocycles. The number of pyridine rings is 1. The Labute approximate surface area is 115 Å². The summed E-state index contributed by atoms with van der Waals surface area (Å²) in [6, 6.07) is 9.15. The van der Waals surface area contributed by atoms with E-state index < -0.39 is 11.7 Å². The lowest BCUT2D eigenvalue weighted by Crippen LogP contribution is -2.05. The number of anilines is 1. The number of alkyl halides is 3. The van der Waals surface area contributed by atoms with Gasteiger partial charge in [0.05, 0.1) is 11.3 Å². The van der Waals surface area contributed by atoms with Crippen LogP contribution in [0.1, 0.15) is 18.1 Å². The maximum atomic E-state index is 12.6. The highest BCUT2D eigenvalue weighted by Crippen LogP contribution is 2.32. The fourth-order valence-electron chi connectivity index (χ4n) is 1.99. The first-order valence-electron chi connectivity index (χ1n) is 6.31. The summed E-state index contributed by atoms with van der Waals surface area (Å²) in [5.41, 5.74) is 1.29. The van der Waals surface area contributed by atoms with Crippen molar-refractivity contribution in [2.24, 2.45) is 0 Å². The Morgan fingerprint density at radius 1 is 1.15 bits per heavy atom. The molecule has 0 unspecified atom stereocenters. The lowest BCUT2D eigenvalue weighted by atomic mass is 10.0. The molecule has 1 N–H and O–H groups in total. The van der Waals surface area contributed by atoms with E-state index in [0.717, 1.165) is 18.7 Å². The minimum absolute atomic E-state index is 0.556. The van der Waals surface area contributed by atoms with E-state index in [1.165, 1.54) is 6.07 Å². The Morgan fingerprint density at radius 2 is 1.90 bits per heavy atom. The summed E-state index contributed by atoms with van der Waals surface area (Å²) < 4.78 is 37.9. The molecule has 2 rings (SSSR count). The predicted molar refractivity (Wildman–Crippen MR) is 73.6 cm³/mol. The third kappa shape index (κ3) is 3.10. The van der Waals surface area contributed by atoms with Crippen molar-refractivity contribution in [2.45, 2.75) is 20.0 Å². The molecule has 1 heterocycles. The zero-order chi connectivity index (χ0) is 14.8. The Balaban J connectivity index is 2.41. The molecule has 0 bridgehead atoms. The van der Waals surface area contributed by atoms with Gasteiger partial charge in [0.1, 0.15) is 5.82 Å². The van der Waals surface area contributed by atoms with E-state index in [2.05, 4.69) is 10.3 Å². The molecule has 20 heavy (non-hydrogen) atoms. The van der Waals surface area contributed by atoms with Gasteiger partial charge in [-0.3, -0.25) is 0 Å². The number of benzene rings is 1. The Kier molecular flexibility index (Phi) is 3.97. The van der Waals surface area contributed by atoms with E-state index in [1.54, 1.807) is 13.0 Å². The highest BCUT2D eigenvalue weighted by molar-refractivity contribution is 5.65. The summed E-state index contributed by atoms with van der Waals surface area (Å²) in [6.07, 6.45) is -4.32. The zero-order valence-electron chi connectivity index (χ0n) is 11.3. The summed E-state index contributed by atoms with van der Waals surface area (Å²) in [4.78, 5) is 4.39. The van der Waals surface area contributed by atoms with E-state index in [4.69, 9.17) is 0 Å². The van der Waals surface area contributed by atoms with Crippen molar-refractivity contribution >= 4 is 5.82 Å². The minimum atomic E-state index is -4.32. The van der Waals surface area contributed by atoms with Gasteiger partial charge in [-0.05, 0) is 43.7 Å². The van der Waals surface area contributed by atoms with E-state index in [9.17, 15) is 13.2 Å². The van der Waals surface area contributed by atoms with Crippen molar-refractivity contribution in [3.63, 3.8) is 0 Å². The maximum Gasteiger partial charge on any atom is 0.416 e. The lowest BCUT2D eigenvalue weighted by Gasteiger charge is -2.11. The molecule has 0 amide bonds. The highest BCUT2D eigenvalue weighted by Gasteiger charge is 2.30. The second kappa shape index (κ2) is 5.53. The third-order valence-electron chi connectivity index (χ3n) is 2.94. The smallest absolute Gasteiger partial charge is 0.370 e. The van der Waals surface area contributed by atoms with Crippen LogP contribution in [0.4, 0.5) is 19.0 Å². The lowest BCUT2D eigenvalue weighted by molar-refractivity contribution is -0.137. The van der Waals surface area contributed by atoms with Gasteiger partial charge in [-0.25, -0.2) is 4.98 Å². The van der Waals surface area contributed by atoms with Crippen LogP contribution in [0, 0.1) is 6.92 Å². The molecule has 0 atom stereocenters. The number of aryl methyl sites for hydroxylation is 1. The molecule has 0 aliphatic rings. The number of nitrogens with one attached hydrogen (secondary N) is 1. The first kappa shape index (κ1) is 14.4. The molecule has 2 nitrogen and oxygen atoms in total. The fourth-order valence-corrected chi connectivity index (χ4v) is 1.99. The molecule has 0 saturated heterocycles. The largest absolute Gasteiger partial charge is 0.416 e. The van der Waals surface area contributed by atoms with Crippen molar-refractivity contribution in [2.75, 3.05) is 11.9 Å². The molecule has 2 aromatic rings. The van der Waals surface area contributed by atoms with Crippen LogP contribution >= 0.6 is 0 Å². The number of rotatable bonds is 3. The van der Waals surface area contributed by atoms with Gasteiger partial charge in [-0.2, -0.15) is 13.2 Å². The van der Waals surface area contributed by atoms with Gasteiger partial charge < -0.3 is 5.32 Å². The van der Waals surface area contributed by atoms with E-state index in [0.29, 0.717) is 22.6 Å². The van der Waals surface area contributed by atoms with E-state index in [1.807, 2.05) is 19.1 Å². The molecule has 106 valence electrons. The Morgan fingerprint density at radius 3 is 2.50 bits per heavy atom. The number of halogens is 3. The number of nitrogens with zero attached hydrogens (tertiary/aromatic N) is 1. The predicted octanol–water partition coefficient (Wildman–Crippen LogP) is 4.51. The number of hydrogen-bond acceptors (Lipinski definition) is 2. The molecular weight excluding hydrogens is 265 g/mol. The second-order valence-corrected chi connectivity index (χ2v) is 4.47. The van der Waals surface area contributed by atoms with Gasteiger partial charge >= 0.3 is 6.18 Å². The highest BCUT2D eigenvalue weighted by atomic mass is 19.4. The second-order valence-electron chi connectivity index (χ2n) is 4.47. The SMILES string of the molecule is CCNc1cccc(-c2ccc(C(F)(F)F)cc2C)n1. The van der Waals surface area contributed by atoms with Crippen LogP contribution in [-0.2, 0) is 6.18 Å². The molecule has 0 fully saturated rings. The van der Waals surface area contributed by atoms with Crippen molar-refractivity contribution in [1.29, 1.82) is 0 Å². The van der Waals surface area contributed by atoms with Crippen LogP contribution in [0.25, 0.3) is 11.3 Å². The zero-order valence-corrected chi connectivity index (χ0v) is 11.3. The van der Waals surface area contributed by atoms with E-state index >= 15 is 0 Å².